The molecule has 4 aromatic rings. The Morgan fingerprint density at radius 2 is 1.69 bits per heavy atom. The van der Waals surface area contributed by atoms with Gasteiger partial charge in [-0.15, -0.1) is 0 Å². The van der Waals surface area contributed by atoms with Gasteiger partial charge >= 0.3 is 0 Å². The van der Waals surface area contributed by atoms with E-state index in [1.54, 1.807) is 4.90 Å². The minimum absolute atomic E-state index is 0.0698. The van der Waals surface area contributed by atoms with E-state index in [2.05, 4.69) is 24.0 Å². The fraction of sp³-hybridized carbons (Fsp3) is 0.192. The van der Waals surface area contributed by atoms with Gasteiger partial charge in [0.05, 0.1) is 5.92 Å². The molecule has 0 radical (unpaired) electrons. The van der Waals surface area contributed by atoms with Crippen LogP contribution in [0.4, 0.5) is 5.69 Å². The third kappa shape index (κ3) is 3.99. The quantitative estimate of drug-likeness (QED) is 0.412. The Balaban J connectivity index is 1.29. The van der Waals surface area contributed by atoms with Gasteiger partial charge in [0.15, 0.2) is 0 Å². The molecule has 1 aliphatic heterocycles. The molecule has 0 bridgehead atoms. The molecule has 1 atom stereocenters. The summed E-state index contributed by atoms with van der Waals surface area (Å²) in [4.78, 5) is 19.0. The zero-order valence-electron chi connectivity index (χ0n) is 18.0. The monoisotopic (exact) mass is 425 g/mol. The van der Waals surface area contributed by atoms with Crippen LogP contribution in [0.25, 0.3) is 11.4 Å². The van der Waals surface area contributed by atoms with Crippen molar-refractivity contribution in [3.05, 3.63) is 89.8 Å². The van der Waals surface area contributed by atoms with Crippen molar-refractivity contribution in [2.24, 2.45) is 0 Å². The highest BCUT2D eigenvalue weighted by molar-refractivity contribution is 5.96. The van der Waals surface area contributed by atoms with Crippen LogP contribution in [0.15, 0.2) is 77.3 Å². The molecule has 32 heavy (non-hydrogen) atoms. The maximum atomic E-state index is 12.6. The molecule has 5 rings (SSSR count). The molecular weight excluding hydrogens is 402 g/mol. The standard InChI is InChI=1S/C26H23N3O3/c1-17-8-11-21(14-18(17)2)29-16-20(15-24(29)30)26-27-25(28-32-26)19-9-12-23(13-10-19)31-22-6-4-3-5-7-22/h3-14,20H,15-16H2,1-2H3. The Labute approximate surface area is 186 Å². The number of anilines is 1. The number of benzene rings is 3. The Kier molecular flexibility index (Phi) is 5.19. The molecule has 1 unspecified atom stereocenters. The summed E-state index contributed by atoms with van der Waals surface area (Å²) in [5, 5.41) is 4.14. The number of aromatic nitrogens is 2. The number of rotatable bonds is 5. The summed E-state index contributed by atoms with van der Waals surface area (Å²) in [6.07, 6.45) is 0.360. The van der Waals surface area contributed by atoms with Gasteiger partial charge in [-0.1, -0.05) is 29.4 Å². The summed E-state index contributed by atoms with van der Waals surface area (Å²) in [6, 6.07) is 23.2. The van der Waals surface area contributed by atoms with Gasteiger partial charge in [-0.3, -0.25) is 4.79 Å². The number of ether oxygens (including phenoxy) is 1. The van der Waals surface area contributed by atoms with Gasteiger partial charge in [0.25, 0.3) is 0 Å². The van der Waals surface area contributed by atoms with Crippen LogP contribution >= 0.6 is 0 Å². The molecule has 1 saturated heterocycles. The van der Waals surface area contributed by atoms with Crippen molar-refractivity contribution >= 4 is 11.6 Å². The number of aryl methyl sites for hydroxylation is 2. The van der Waals surface area contributed by atoms with E-state index in [4.69, 9.17) is 9.26 Å². The first-order valence-corrected chi connectivity index (χ1v) is 10.6. The summed E-state index contributed by atoms with van der Waals surface area (Å²) in [7, 11) is 0. The predicted octanol–water partition coefficient (Wildman–Crippen LogP) is 5.67. The average Bonchev–Trinajstić information content (AvgIpc) is 3.44. The highest BCUT2D eigenvalue weighted by Crippen LogP contribution is 2.33. The molecular formula is C26H23N3O3. The van der Waals surface area contributed by atoms with Gasteiger partial charge in [-0.05, 0) is 73.5 Å². The van der Waals surface area contributed by atoms with Crippen molar-refractivity contribution in [3.8, 4) is 22.9 Å². The summed E-state index contributed by atoms with van der Waals surface area (Å²) in [6.45, 7) is 4.65. The minimum atomic E-state index is -0.119. The summed E-state index contributed by atoms with van der Waals surface area (Å²) >= 11 is 0. The third-order valence-electron chi connectivity index (χ3n) is 5.81. The molecule has 6 heteroatoms. The minimum Gasteiger partial charge on any atom is -0.457 e. The van der Waals surface area contributed by atoms with E-state index in [1.165, 1.54) is 11.1 Å². The van der Waals surface area contributed by atoms with Crippen LogP contribution in [-0.4, -0.2) is 22.6 Å². The van der Waals surface area contributed by atoms with Crippen molar-refractivity contribution in [2.45, 2.75) is 26.2 Å². The van der Waals surface area contributed by atoms with E-state index in [0.29, 0.717) is 24.7 Å². The van der Waals surface area contributed by atoms with E-state index in [-0.39, 0.29) is 11.8 Å². The fourth-order valence-electron chi connectivity index (χ4n) is 3.83. The number of hydrogen-bond donors (Lipinski definition) is 0. The van der Waals surface area contributed by atoms with Crippen LogP contribution in [0, 0.1) is 13.8 Å². The Bertz CT molecular complexity index is 1250. The summed E-state index contributed by atoms with van der Waals surface area (Å²) in [5.41, 5.74) is 4.11. The lowest BCUT2D eigenvalue weighted by atomic mass is 10.1. The first kappa shape index (κ1) is 20.0. The fourth-order valence-corrected chi connectivity index (χ4v) is 3.83. The SMILES string of the molecule is Cc1ccc(N2CC(c3nc(-c4ccc(Oc5ccccc5)cc4)no3)CC2=O)cc1C. The molecule has 0 N–H and O–H groups in total. The molecule has 0 spiro atoms. The third-order valence-corrected chi connectivity index (χ3v) is 5.81. The van der Waals surface area contributed by atoms with Crippen LogP contribution in [0.5, 0.6) is 11.5 Å². The van der Waals surface area contributed by atoms with Crippen molar-refractivity contribution in [1.29, 1.82) is 0 Å². The molecule has 160 valence electrons. The molecule has 2 heterocycles. The number of carbonyl (C=O) groups is 1. The van der Waals surface area contributed by atoms with Crippen LogP contribution in [-0.2, 0) is 4.79 Å². The molecule has 1 aliphatic rings. The molecule has 0 saturated carbocycles. The number of amides is 1. The van der Waals surface area contributed by atoms with Crippen LogP contribution in [0.1, 0.15) is 29.4 Å². The highest BCUT2D eigenvalue weighted by atomic mass is 16.5. The van der Waals surface area contributed by atoms with Gasteiger partial charge < -0.3 is 14.2 Å². The predicted molar refractivity (Wildman–Crippen MR) is 122 cm³/mol. The van der Waals surface area contributed by atoms with Crippen LogP contribution < -0.4 is 9.64 Å². The summed E-state index contributed by atoms with van der Waals surface area (Å²) < 4.78 is 11.4. The van der Waals surface area contributed by atoms with Crippen LogP contribution in [0.3, 0.4) is 0 Å². The molecule has 3 aromatic carbocycles. The molecule has 6 nitrogen and oxygen atoms in total. The average molecular weight is 425 g/mol. The molecule has 0 aliphatic carbocycles. The van der Waals surface area contributed by atoms with E-state index in [9.17, 15) is 4.79 Å². The van der Waals surface area contributed by atoms with Crippen molar-refractivity contribution in [3.63, 3.8) is 0 Å². The smallest absolute Gasteiger partial charge is 0.232 e. The number of hydrogen-bond acceptors (Lipinski definition) is 5. The van der Waals surface area contributed by atoms with E-state index < -0.39 is 0 Å². The molecule has 1 aromatic heterocycles. The normalized spacial score (nSPS) is 15.9. The topological polar surface area (TPSA) is 68.5 Å². The van der Waals surface area contributed by atoms with Gasteiger partial charge in [0.1, 0.15) is 11.5 Å². The van der Waals surface area contributed by atoms with Gasteiger partial charge in [-0.25, -0.2) is 0 Å². The largest absolute Gasteiger partial charge is 0.457 e. The Hall–Kier alpha value is -3.93. The maximum absolute atomic E-state index is 12.6. The second-order valence-electron chi connectivity index (χ2n) is 8.07. The number of para-hydroxylation sites is 1. The van der Waals surface area contributed by atoms with Crippen LogP contribution in [0.2, 0.25) is 0 Å². The van der Waals surface area contributed by atoms with Gasteiger partial charge in [-0.2, -0.15) is 4.98 Å². The Morgan fingerprint density at radius 1 is 0.938 bits per heavy atom. The maximum Gasteiger partial charge on any atom is 0.232 e. The van der Waals surface area contributed by atoms with E-state index in [0.717, 1.165) is 22.7 Å². The number of nitrogens with zero attached hydrogens (tertiary/aromatic N) is 3. The van der Waals surface area contributed by atoms with Crippen molar-refractivity contribution in [2.75, 3.05) is 11.4 Å². The number of carbonyl (C=O) groups excluding carboxylic acids is 1. The zero-order chi connectivity index (χ0) is 22.1. The first-order chi connectivity index (χ1) is 15.6. The summed E-state index contributed by atoms with van der Waals surface area (Å²) in [5.74, 6) is 2.45. The highest BCUT2D eigenvalue weighted by Gasteiger charge is 2.35. The first-order valence-electron chi connectivity index (χ1n) is 10.6. The zero-order valence-corrected chi connectivity index (χ0v) is 18.0. The second-order valence-corrected chi connectivity index (χ2v) is 8.07. The molecule has 1 fully saturated rings. The lowest BCUT2D eigenvalue weighted by Gasteiger charge is -2.17. The Morgan fingerprint density at radius 3 is 2.44 bits per heavy atom. The van der Waals surface area contributed by atoms with E-state index in [1.807, 2.05) is 72.8 Å². The molecule has 1 amide bonds. The van der Waals surface area contributed by atoms with Gasteiger partial charge in [0.2, 0.25) is 17.6 Å². The second kappa shape index (κ2) is 8.30. The van der Waals surface area contributed by atoms with Gasteiger partial charge in [0, 0.05) is 24.2 Å². The van der Waals surface area contributed by atoms with Crippen molar-refractivity contribution < 1.29 is 14.1 Å². The lowest BCUT2D eigenvalue weighted by Crippen LogP contribution is -2.24. The lowest BCUT2D eigenvalue weighted by molar-refractivity contribution is -0.117. The van der Waals surface area contributed by atoms with Crippen molar-refractivity contribution in [1.82, 2.24) is 10.1 Å². The van der Waals surface area contributed by atoms with E-state index >= 15 is 0 Å².